The van der Waals surface area contributed by atoms with E-state index in [0.29, 0.717) is 29.5 Å². The lowest BCUT2D eigenvalue weighted by Crippen LogP contribution is -2.47. The number of carbonyl (C=O) groups excluding carboxylic acids is 2. The standard InChI is InChI=1S/C47H50ClF10N9O6S2/c1-7-31-24(2)36-40(47(56,57)58)63-65(41(36)46(31,54)55)22-35(68)62-34(20-25-18-26(49)21-27(50)19-25)38-29(12-11-28(61-38)15-16-44(3,4)74(5,70)71)30-13-14-32(48)37-39(30)66(23-45(51,52)53)64-42(37)67(75(6,72)73)43(69)33(60)10-8-9-17-59/h7,11-14,18-19,21,31,33-34H,1-2,8-10,15-17,20,22-23,59-60H2,3-6H3,(H,62,68)/t31-,33+,34+/m1/s1. The Kier molecular flexibility index (Phi) is 16.5. The van der Waals surface area contributed by atoms with E-state index in [0.717, 1.165) is 30.5 Å². The molecule has 5 aromatic rings. The predicted octanol–water partition coefficient (Wildman–Crippen LogP) is 8.33. The average molecular weight is 1130 g/mol. The maximum atomic E-state index is 16.0. The van der Waals surface area contributed by atoms with Crippen LogP contribution in [-0.4, -0.2) is 89.2 Å². The number of hydrogen-bond donors (Lipinski definition) is 3. The van der Waals surface area contributed by atoms with Crippen LogP contribution < -0.4 is 21.1 Å². The van der Waals surface area contributed by atoms with E-state index in [1.165, 1.54) is 26.0 Å². The third-order valence-corrected chi connectivity index (χ3v) is 16.1. The second kappa shape index (κ2) is 21.3. The Morgan fingerprint density at radius 3 is 2.15 bits per heavy atom. The molecule has 2 aromatic carbocycles. The van der Waals surface area contributed by atoms with E-state index >= 15 is 8.78 Å². The number of pyridine rings is 1. The van der Waals surface area contributed by atoms with Crippen LogP contribution in [0.25, 0.3) is 27.6 Å². The van der Waals surface area contributed by atoms with Crippen molar-refractivity contribution in [3.05, 3.63) is 112 Å². The van der Waals surface area contributed by atoms with Gasteiger partial charge in [-0.15, -0.1) is 6.58 Å². The van der Waals surface area contributed by atoms with Crippen molar-refractivity contribution in [1.29, 1.82) is 0 Å². The molecule has 3 atom stereocenters. The highest BCUT2D eigenvalue weighted by atomic mass is 35.5. The van der Waals surface area contributed by atoms with Crippen LogP contribution in [0, 0.1) is 17.6 Å². The number of hydrogen-bond acceptors (Lipinski definition) is 11. The number of carbonyl (C=O) groups is 2. The van der Waals surface area contributed by atoms with E-state index in [2.05, 4.69) is 28.7 Å². The van der Waals surface area contributed by atoms with Gasteiger partial charge in [-0.2, -0.15) is 49.6 Å². The van der Waals surface area contributed by atoms with Gasteiger partial charge in [0.05, 0.1) is 50.6 Å². The van der Waals surface area contributed by atoms with Gasteiger partial charge in [-0.25, -0.2) is 25.6 Å². The molecule has 2 amide bonds. The van der Waals surface area contributed by atoms with Gasteiger partial charge in [0.2, 0.25) is 15.9 Å². The summed E-state index contributed by atoms with van der Waals surface area (Å²) in [6, 6.07) is 3.59. The van der Waals surface area contributed by atoms with Crippen LogP contribution in [0.1, 0.15) is 79.5 Å². The fraction of sp³-hybridized carbons (Fsp3) is 0.426. The molecule has 0 aliphatic heterocycles. The van der Waals surface area contributed by atoms with Crippen LogP contribution >= 0.6 is 11.6 Å². The summed E-state index contributed by atoms with van der Waals surface area (Å²) in [6.45, 7) is 6.36. The van der Waals surface area contributed by atoms with Crippen LogP contribution in [0.4, 0.5) is 49.7 Å². The first-order valence-corrected chi connectivity index (χ1v) is 26.7. The number of allylic oxidation sites excluding steroid dienone is 2. The lowest BCUT2D eigenvalue weighted by Gasteiger charge is -2.25. The first-order chi connectivity index (χ1) is 34.5. The number of sulfone groups is 1. The monoisotopic (exact) mass is 1130 g/mol. The van der Waals surface area contributed by atoms with Gasteiger partial charge in [0, 0.05) is 34.7 Å². The van der Waals surface area contributed by atoms with Gasteiger partial charge in [0.1, 0.15) is 30.4 Å². The number of sulfonamides is 1. The molecular weight excluding hydrogens is 1080 g/mol. The summed E-state index contributed by atoms with van der Waals surface area (Å²) in [4.78, 5) is 33.0. The van der Waals surface area contributed by atoms with E-state index in [1.54, 1.807) is 0 Å². The number of unbranched alkanes of at least 4 members (excludes halogenated alkanes) is 1. The minimum atomic E-state index is -5.35. The molecule has 6 rings (SSSR count). The smallest absolute Gasteiger partial charge is 0.346 e. The van der Waals surface area contributed by atoms with E-state index < -0.39 is 154 Å². The highest BCUT2D eigenvalue weighted by molar-refractivity contribution is 7.93. The van der Waals surface area contributed by atoms with Gasteiger partial charge >= 0.3 is 12.4 Å². The topological polar surface area (TPSA) is 218 Å². The molecule has 0 radical (unpaired) electrons. The lowest BCUT2D eigenvalue weighted by molar-refractivity contribution is -0.142. The normalized spacial score (nSPS) is 16.0. The summed E-state index contributed by atoms with van der Waals surface area (Å²) in [7, 11) is -8.55. The van der Waals surface area contributed by atoms with Gasteiger partial charge < -0.3 is 16.8 Å². The molecular formula is C47H50ClF10N9O6S2. The van der Waals surface area contributed by atoms with Crippen LogP contribution in [0.15, 0.2) is 61.7 Å². The van der Waals surface area contributed by atoms with E-state index in [9.17, 15) is 61.5 Å². The fourth-order valence-corrected chi connectivity index (χ4v) is 10.3. The Balaban J connectivity index is 1.64. The minimum Gasteiger partial charge on any atom is -0.346 e. The van der Waals surface area contributed by atoms with Crippen LogP contribution in [0.2, 0.25) is 5.02 Å². The number of nitrogens with one attached hydrogen (secondary N) is 1. The van der Waals surface area contributed by atoms with Gasteiger partial charge in [0.25, 0.3) is 11.8 Å². The maximum absolute atomic E-state index is 16.0. The predicted molar refractivity (Wildman–Crippen MR) is 259 cm³/mol. The Bertz CT molecular complexity index is 3290. The summed E-state index contributed by atoms with van der Waals surface area (Å²) in [6.07, 6.45) is -8.77. The molecule has 408 valence electrons. The summed E-state index contributed by atoms with van der Waals surface area (Å²) in [5.41, 5.74) is 4.98. The molecule has 5 N–H and O–H groups in total. The second-order valence-electron chi connectivity index (χ2n) is 18.6. The van der Waals surface area contributed by atoms with Crippen molar-refractivity contribution >= 4 is 65.6 Å². The molecule has 75 heavy (non-hydrogen) atoms. The van der Waals surface area contributed by atoms with Crippen molar-refractivity contribution in [3.8, 4) is 11.1 Å². The van der Waals surface area contributed by atoms with Gasteiger partial charge in [-0.3, -0.25) is 23.9 Å². The van der Waals surface area contributed by atoms with Crippen molar-refractivity contribution in [2.75, 3.05) is 23.4 Å². The Morgan fingerprint density at radius 1 is 0.960 bits per heavy atom. The number of benzene rings is 2. The highest BCUT2D eigenvalue weighted by Crippen LogP contribution is 2.55. The van der Waals surface area contributed by atoms with Gasteiger partial charge in [-0.05, 0) is 87.9 Å². The van der Waals surface area contributed by atoms with E-state index in [1.807, 2.05) is 0 Å². The summed E-state index contributed by atoms with van der Waals surface area (Å²) >= 11 is 6.69. The van der Waals surface area contributed by atoms with E-state index in [4.69, 9.17) is 28.1 Å². The van der Waals surface area contributed by atoms with Crippen molar-refractivity contribution in [3.63, 3.8) is 0 Å². The molecule has 0 unspecified atom stereocenters. The molecule has 1 aliphatic rings. The summed E-state index contributed by atoms with van der Waals surface area (Å²) < 4.78 is 200. The molecule has 0 saturated carbocycles. The molecule has 15 nitrogen and oxygen atoms in total. The summed E-state index contributed by atoms with van der Waals surface area (Å²) in [5.74, 6) is -12.1. The van der Waals surface area contributed by atoms with Crippen LogP contribution in [0.5, 0.6) is 0 Å². The Hall–Kier alpha value is -5.90. The zero-order chi connectivity index (χ0) is 56.1. The largest absolute Gasteiger partial charge is 0.435 e. The molecule has 0 saturated heterocycles. The number of alkyl halides is 8. The molecule has 0 spiro atoms. The Labute approximate surface area is 428 Å². The van der Waals surface area contributed by atoms with Crippen LogP contribution in [0.3, 0.4) is 0 Å². The SMILES string of the molecule is C=C[C@@H]1C(=C)c2c(C(F)(F)F)nn(CC(=O)N[C@@H](Cc3cc(F)cc(F)c3)c3nc(CCC(C)(C)S(C)(=O)=O)ccc3-c3ccc(Cl)c4c(N(C(=O)[C@@H](N)CCCCN)S(C)(=O)=O)nn(CC(F)(F)F)c34)c2C1(F)F. The number of anilines is 1. The van der Waals surface area contributed by atoms with Gasteiger partial charge in [0.15, 0.2) is 21.3 Å². The van der Waals surface area contributed by atoms with Gasteiger partial charge in [-0.1, -0.05) is 42.8 Å². The first-order valence-electron chi connectivity index (χ1n) is 22.6. The van der Waals surface area contributed by atoms with Crippen molar-refractivity contribution < 1.29 is 70.3 Å². The molecule has 3 aromatic heterocycles. The Morgan fingerprint density at radius 2 is 1.59 bits per heavy atom. The number of aromatic nitrogens is 5. The zero-order valence-corrected chi connectivity index (χ0v) is 42.8. The van der Waals surface area contributed by atoms with Crippen LogP contribution in [-0.2, 0) is 67.5 Å². The third-order valence-electron chi connectivity index (χ3n) is 12.6. The second-order valence-corrected chi connectivity index (χ2v) is 23.5. The third kappa shape index (κ3) is 12.4. The zero-order valence-electron chi connectivity index (χ0n) is 40.4. The van der Waals surface area contributed by atoms with Crippen molar-refractivity contribution in [2.24, 2.45) is 17.4 Å². The molecule has 1 aliphatic carbocycles. The quantitative estimate of drug-likeness (QED) is 0.0382. The molecule has 0 bridgehead atoms. The number of aryl methyl sites for hydroxylation is 1. The number of nitrogens with two attached hydrogens (primary N) is 2. The number of amides is 2. The lowest BCUT2D eigenvalue weighted by atomic mass is 9.93. The van der Waals surface area contributed by atoms with E-state index in [-0.39, 0.29) is 63.6 Å². The fourth-order valence-electron chi connectivity index (χ4n) is 8.66. The first kappa shape index (κ1) is 58.4. The average Bonchev–Trinajstić information content (AvgIpc) is 3.89. The molecule has 0 fully saturated rings. The summed E-state index contributed by atoms with van der Waals surface area (Å²) in [5, 5.41) is 8.78. The maximum Gasteiger partial charge on any atom is 0.435 e. The van der Waals surface area contributed by atoms with Crippen molar-refractivity contribution in [2.45, 2.75) is 101 Å². The molecule has 28 heteroatoms. The number of halogens is 11. The minimum absolute atomic E-state index is 0.0376. The number of nitrogens with zero attached hydrogens (tertiary/aromatic N) is 6. The number of fused-ring (bicyclic) bond motifs is 2. The highest BCUT2D eigenvalue weighted by Gasteiger charge is 2.57. The molecule has 3 heterocycles. The van der Waals surface area contributed by atoms with Crippen molar-refractivity contribution in [1.82, 2.24) is 29.9 Å². The number of rotatable bonds is 20.